The molecule has 1 aromatic carbocycles. The minimum Gasteiger partial charge on any atom is -0.378 e. The fourth-order valence-corrected chi connectivity index (χ4v) is 3.73. The predicted octanol–water partition coefficient (Wildman–Crippen LogP) is 1.58. The number of amides is 3. The molecule has 3 amide bonds. The van der Waals surface area contributed by atoms with Crippen molar-refractivity contribution in [2.24, 2.45) is 0 Å². The van der Waals surface area contributed by atoms with Crippen LogP contribution in [0.3, 0.4) is 0 Å². The molecule has 0 unspecified atom stereocenters. The summed E-state index contributed by atoms with van der Waals surface area (Å²) >= 11 is 1.45. The number of nitrogens with one attached hydrogen (secondary N) is 3. The molecule has 1 atom stereocenters. The van der Waals surface area contributed by atoms with Gasteiger partial charge in [-0.15, -0.1) is 0 Å². The van der Waals surface area contributed by atoms with E-state index in [1.807, 2.05) is 31.1 Å². The summed E-state index contributed by atoms with van der Waals surface area (Å²) in [5.41, 5.74) is 3.93. The lowest BCUT2D eigenvalue weighted by atomic mass is 10.1. The van der Waals surface area contributed by atoms with Crippen LogP contribution >= 0.6 is 11.8 Å². The molecule has 172 valence electrons. The molecule has 32 heavy (non-hydrogen) atoms. The van der Waals surface area contributed by atoms with Gasteiger partial charge in [0.2, 0.25) is 11.8 Å². The Morgan fingerprint density at radius 1 is 1.09 bits per heavy atom. The summed E-state index contributed by atoms with van der Waals surface area (Å²) in [6.07, 6.45) is 4.03. The van der Waals surface area contributed by atoms with Gasteiger partial charge in [-0.1, -0.05) is 0 Å². The molecule has 2 rings (SSSR count). The van der Waals surface area contributed by atoms with E-state index in [0.717, 1.165) is 11.3 Å². The lowest BCUT2D eigenvalue weighted by Crippen LogP contribution is -2.48. The number of carbonyl (C=O) groups is 3. The van der Waals surface area contributed by atoms with Crippen LogP contribution in [0.1, 0.15) is 28.8 Å². The molecule has 0 aliphatic heterocycles. The molecular weight excluding hydrogens is 430 g/mol. The van der Waals surface area contributed by atoms with Crippen LogP contribution in [0.4, 0.5) is 5.69 Å². The zero-order chi connectivity index (χ0) is 23.3. The first kappa shape index (κ1) is 25.2. The summed E-state index contributed by atoms with van der Waals surface area (Å²) in [5.74, 6) is -0.119. The average molecular weight is 460 g/mol. The average Bonchev–Trinajstić information content (AvgIpc) is 2.81. The topological polar surface area (TPSA) is 124 Å². The number of aromatic nitrogens is 1. The van der Waals surface area contributed by atoms with Crippen molar-refractivity contribution in [1.29, 1.82) is 0 Å². The lowest BCUT2D eigenvalue weighted by molar-refractivity contribution is -0.129. The number of pyridine rings is 1. The summed E-state index contributed by atoms with van der Waals surface area (Å²) < 4.78 is 0. The van der Waals surface area contributed by atoms with Crippen LogP contribution in [0.15, 0.2) is 48.8 Å². The predicted molar refractivity (Wildman–Crippen MR) is 125 cm³/mol. The highest BCUT2D eigenvalue weighted by Crippen LogP contribution is 2.13. The van der Waals surface area contributed by atoms with E-state index in [9.17, 15) is 14.4 Å². The van der Waals surface area contributed by atoms with Crippen molar-refractivity contribution in [3.05, 3.63) is 59.9 Å². The van der Waals surface area contributed by atoms with Gasteiger partial charge in [0.1, 0.15) is 6.04 Å². The third-order valence-corrected chi connectivity index (χ3v) is 5.73. The molecule has 0 saturated heterocycles. The second-order valence-electron chi connectivity index (χ2n) is 7.25. The largest absolute Gasteiger partial charge is 0.378 e. The Hall–Kier alpha value is -3.11. The van der Waals surface area contributed by atoms with Crippen molar-refractivity contribution < 1.29 is 19.6 Å². The van der Waals surface area contributed by atoms with Crippen molar-refractivity contribution >= 4 is 35.2 Å². The quantitative estimate of drug-likeness (QED) is 0.216. The number of carbonyl (C=O) groups excluding carboxylic acids is 3. The van der Waals surface area contributed by atoms with Crippen LogP contribution < -0.4 is 21.0 Å². The van der Waals surface area contributed by atoms with Gasteiger partial charge in [0, 0.05) is 56.5 Å². The molecule has 4 N–H and O–H groups in total. The number of hydrogen-bond donors (Lipinski definition) is 4. The van der Waals surface area contributed by atoms with Gasteiger partial charge in [0.05, 0.1) is 0 Å². The molecule has 2 aromatic rings. The molecular formula is C22H29N5O4S. The van der Waals surface area contributed by atoms with Crippen LogP contribution in [0.25, 0.3) is 0 Å². The molecule has 0 aliphatic carbocycles. The van der Waals surface area contributed by atoms with Crippen LogP contribution in [0.5, 0.6) is 0 Å². The number of hydroxylamine groups is 1. The standard InChI is InChI=1S/C22H29N5O4S/c1-27(2)18-7-5-17(6-8-18)21(29)25-19(15-32-13-3-4-20(28)26-31)22(30)24-14-16-9-11-23-12-10-16/h5-12,19,31H,3-4,13-15H2,1-2H3,(H,24,30)(H,25,29)(H,26,28)/t19-/m0/s1. The molecule has 10 heteroatoms. The minimum atomic E-state index is -0.741. The summed E-state index contributed by atoms with van der Waals surface area (Å²) in [6.45, 7) is 0.326. The summed E-state index contributed by atoms with van der Waals surface area (Å²) in [4.78, 5) is 42.5. The first-order chi connectivity index (χ1) is 15.4. The van der Waals surface area contributed by atoms with Gasteiger partial charge in [0.25, 0.3) is 5.91 Å². The Labute approximate surface area is 191 Å². The number of thioether (sulfide) groups is 1. The summed E-state index contributed by atoms with van der Waals surface area (Å²) in [5, 5.41) is 14.2. The summed E-state index contributed by atoms with van der Waals surface area (Å²) in [7, 11) is 3.83. The lowest BCUT2D eigenvalue weighted by Gasteiger charge is -2.19. The second-order valence-corrected chi connectivity index (χ2v) is 8.40. The Balaban J connectivity index is 1.97. The number of rotatable bonds is 12. The van der Waals surface area contributed by atoms with Crippen molar-refractivity contribution in [3.8, 4) is 0 Å². The molecule has 1 heterocycles. The fraction of sp³-hybridized carbons (Fsp3) is 0.364. The number of benzene rings is 1. The molecule has 0 radical (unpaired) electrons. The van der Waals surface area contributed by atoms with Gasteiger partial charge in [-0.25, -0.2) is 5.48 Å². The smallest absolute Gasteiger partial charge is 0.251 e. The van der Waals surface area contributed by atoms with Gasteiger partial charge in [-0.2, -0.15) is 11.8 Å². The SMILES string of the molecule is CN(C)c1ccc(C(=O)N[C@@H](CSCCCC(=O)NO)C(=O)NCc2ccncc2)cc1. The van der Waals surface area contributed by atoms with Crippen molar-refractivity contribution in [2.45, 2.75) is 25.4 Å². The van der Waals surface area contributed by atoms with Crippen LogP contribution in [0.2, 0.25) is 0 Å². The van der Waals surface area contributed by atoms with E-state index >= 15 is 0 Å². The van der Waals surface area contributed by atoms with E-state index < -0.39 is 11.9 Å². The second kappa shape index (κ2) is 13.3. The highest BCUT2D eigenvalue weighted by atomic mass is 32.2. The van der Waals surface area contributed by atoms with Gasteiger partial charge >= 0.3 is 0 Å². The van der Waals surface area contributed by atoms with Gasteiger partial charge < -0.3 is 15.5 Å². The zero-order valence-corrected chi connectivity index (χ0v) is 19.0. The number of hydrogen-bond acceptors (Lipinski definition) is 7. The third kappa shape index (κ3) is 8.56. The Kier molecular flexibility index (Phi) is 10.5. The maximum absolute atomic E-state index is 12.8. The fourth-order valence-electron chi connectivity index (χ4n) is 2.74. The third-order valence-electron chi connectivity index (χ3n) is 4.59. The maximum Gasteiger partial charge on any atom is 0.251 e. The molecule has 0 fully saturated rings. The van der Waals surface area contributed by atoms with Crippen molar-refractivity contribution in [1.82, 2.24) is 21.1 Å². The van der Waals surface area contributed by atoms with E-state index in [4.69, 9.17) is 5.21 Å². The van der Waals surface area contributed by atoms with E-state index in [1.165, 1.54) is 11.8 Å². The van der Waals surface area contributed by atoms with Crippen LogP contribution in [-0.4, -0.2) is 59.6 Å². The molecule has 0 saturated carbocycles. The zero-order valence-electron chi connectivity index (χ0n) is 18.2. The van der Waals surface area contributed by atoms with Crippen LogP contribution in [-0.2, 0) is 16.1 Å². The summed E-state index contributed by atoms with van der Waals surface area (Å²) in [6, 6.07) is 9.99. The molecule has 0 aliphatic rings. The van der Waals surface area contributed by atoms with Gasteiger partial charge in [-0.05, 0) is 54.1 Å². The van der Waals surface area contributed by atoms with E-state index in [0.29, 0.717) is 30.0 Å². The van der Waals surface area contributed by atoms with Gasteiger partial charge in [0.15, 0.2) is 0 Å². The van der Waals surface area contributed by atoms with Crippen LogP contribution in [0, 0.1) is 0 Å². The minimum absolute atomic E-state index is 0.187. The Morgan fingerprint density at radius 2 is 1.78 bits per heavy atom. The first-order valence-electron chi connectivity index (χ1n) is 10.2. The molecule has 9 nitrogen and oxygen atoms in total. The Morgan fingerprint density at radius 3 is 2.41 bits per heavy atom. The van der Waals surface area contributed by atoms with E-state index in [2.05, 4.69) is 15.6 Å². The first-order valence-corrected chi connectivity index (χ1v) is 11.3. The normalized spacial score (nSPS) is 11.3. The molecule has 1 aromatic heterocycles. The monoisotopic (exact) mass is 459 g/mol. The van der Waals surface area contributed by atoms with E-state index in [-0.39, 0.29) is 18.2 Å². The highest BCUT2D eigenvalue weighted by Gasteiger charge is 2.21. The number of anilines is 1. The molecule has 0 bridgehead atoms. The van der Waals surface area contributed by atoms with E-state index in [1.54, 1.807) is 42.1 Å². The maximum atomic E-state index is 12.8. The molecule has 0 spiro atoms. The van der Waals surface area contributed by atoms with Crippen molar-refractivity contribution in [2.75, 3.05) is 30.5 Å². The Bertz CT molecular complexity index is 878. The highest BCUT2D eigenvalue weighted by molar-refractivity contribution is 7.99. The van der Waals surface area contributed by atoms with Gasteiger partial charge in [-0.3, -0.25) is 24.6 Å². The van der Waals surface area contributed by atoms with Crippen molar-refractivity contribution in [3.63, 3.8) is 0 Å². The number of nitrogens with zero attached hydrogens (tertiary/aromatic N) is 2.